The third-order valence-corrected chi connectivity index (χ3v) is 3.79. The van der Waals surface area contributed by atoms with E-state index < -0.39 is 10.0 Å². The fourth-order valence-electron chi connectivity index (χ4n) is 1.92. The molecule has 0 N–H and O–H groups in total. The van der Waals surface area contributed by atoms with Gasteiger partial charge in [0.25, 0.3) is 0 Å². The van der Waals surface area contributed by atoms with Gasteiger partial charge in [0.15, 0.2) is 0 Å². The van der Waals surface area contributed by atoms with Gasteiger partial charge in [-0.25, -0.2) is 13.4 Å². The minimum atomic E-state index is -3.22. The molecule has 2 heterocycles. The highest BCUT2D eigenvalue weighted by Crippen LogP contribution is 2.39. The van der Waals surface area contributed by atoms with Crippen molar-refractivity contribution in [3.8, 4) is 0 Å². The van der Waals surface area contributed by atoms with Crippen molar-refractivity contribution in [2.24, 2.45) is 0 Å². The Bertz CT molecular complexity index is 494. The summed E-state index contributed by atoms with van der Waals surface area (Å²) in [7, 11) is -3.22. The lowest BCUT2D eigenvalue weighted by molar-refractivity contribution is 0.557. The van der Waals surface area contributed by atoms with Crippen molar-refractivity contribution in [2.75, 3.05) is 17.1 Å². The number of fused-ring (bicyclic) bond motifs is 1. The van der Waals surface area contributed by atoms with Crippen LogP contribution in [0.1, 0.15) is 19.4 Å². The largest absolute Gasteiger partial charge is 0.253 e. The number of nitrogens with zero attached hydrogens (tertiary/aromatic N) is 2. The number of anilines is 1. The van der Waals surface area contributed by atoms with Crippen LogP contribution in [0.4, 0.5) is 5.82 Å². The first-order chi connectivity index (χ1) is 6.82. The van der Waals surface area contributed by atoms with E-state index in [0.717, 1.165) is 5.56 Å². The van der Waals surface area contributed by atoms with Gasteiger partial charge in [0, 0.05) is 23.7 Å². The van der Waals surface area contributed by atoms with Gasteiger partial charge >= 0.3 is 0 Å². The van der Waals surface area contributed by atoms with Gasteiger partial charge in [-0.2, -0.15) is 0 Å². The molecule has 0 unspecified atom stereocenters. The van der Waals surface area contributed by atoms with Crippen molar-refractivity contribution >= 4 is 15.8 Å². The third kappa shape index (κ3) is 1.61. The maximum absolute atomic E-state index is 11.6. The fraction of sp³-hybridized carbons (Fsp3) is 0.500. The van der Waals surface area contributed by atoms with Crippen molar-refractivity contribution < 1.29 is 8.42 Å². The van der Waals surface area contributed by atoms with E-state index in [1.807, 2.05) is 26.0 Å². The van der Waals surface area contributed by atoms with Crippen LogP contribution in [0.25, 0.3) is 0 Å². The van der Waals surface area contributed by atoms with Crippen molar-refractivity contribution in [1.82, 2.24) is 4.98 Å². The molecular weight excluding hydrogens is 212 g/mol. The second-order valence-corrected chi connectivity index (χ2v) is 6.43. The SMILES string of the molecule is CC1(C)CN(S(C)(=O)=O)c2ncccc21. The van der Waals surface area contributed by atoms with E-state index in [1.54, 1.807) is 6.20 Å². The Labute approximate surface area is 90.0 Å². The second kappa shape index (κ2) is 2.95. The molecule has 1 aromatic rings. The predicted octanol–water partition coefficient (Wildman–Crippen LogP) is 1.14. The predicted molar refractivity (Wildman–Crippen MR) is 59.5 cm³/mol. The molecule has 0 fully saturated rings. The molecule has 15 heavy (non-hydrogen) atoms. The maximum atomic E-state index is 11.6. The van der Waals surface area contributed by atoms with E-state index in [-0.39, 0.29) is 5.41 Å². The zero-order valence-corrected chi connectivity index (χ0v) is 9.87. The summed E-state index contributed by atoms with van der Waals surface area (Å²) in [6.07, 6.45) is 2.84. The second-order valence-electron chi connectivity index (χ2n) is 4.53. The van der Waals surface area contributed by atoms with Crippen LogP contribution in [-0.2, 0) is 15.4 Å². The quantitative estimate of drug-likeness (QED) is 0.721. The fourth-order valence-corrected chi connectivity index (χ4v) is 2.93. The molecule has 0 bridgehead atoms. The Morgan fingerprint density at radius 1 is 1.47 bits per heavy atom. The van der Waals surface area contributed by atoms with Gasteiger partial charge in [0.1, 0.15) is 5.82 Å². The number of sulfonamides is 1. The highest BCUT2D eigenvalue weighted by molar-refractivity contribution is 7.92. The van der Waals surface area contributed by atoms with Gasteiger partial charge in [-0.1, -0.05) is 19.9 Å². The number of hydrogen-bond acceptors (Lipinski definition) is 3. The molecule has 0 aromatic carbocycles. The van der Waals surface area contributed by atoms with Crippen LogP contribution in [0.15, 0.2) is 18.3 Å². The number of hydrogen-bond donors (Lipinski definition) is 0. The Morgan fingerprint density at radius 3 is 2.73 bits per heavy atom. The minimum absolute atomic E-state index is 0.160. The van der Waals surface area contributed by atoms with Gasteiger partial charge in [0.2, 0.25) is 10.0 Å². The number of rotatable bonds is 1. The molecule has 0 atom stereocenters. The van der Waals surface area contributed by atoms with Crippen LogP contribution < -0.4 is 4.31 Å². The highest BCUT2D eigenvalue weighted by Gasteiger charge is 2.39. The summed E-state index contributed by atoms with van der Waals surface area (Å²) in [6, 6.07) is 3.78. The first kappa shape index (κ1) is 10.4. The summed E-state index contributed by atoms with van der Waals surface area (Å²) in [6.45, 7) is 4.52. The molecule has 0 aliphatic carbocycles. The monoisotopic (exact) mass is 226 g/mol. The van der Waals surface area contributed by atoms with E-state index in [9.17, 15) is 8.42 Å². The molecule has 0 spiro atoms. The number of pyridine rings is 1. The Kier molecular flexibility index (Phi) is 2.05. The van der Waals surface area contributed by atoms with Gasteiger partial charge in [-0.15, -0.1) is 0 Å². The van der Waals surface area contributed by atoms with Crippen LogP contribution in [0.3, 0.4) is 0 Å². The summed E-state index contributed by atoms with van der Waals surface area (Å²) in [5, 5.41) is 0. The summed E-state index contributed by atoms with van der Waals surface area (Å²) in [5.74, 6) is 0.574. The first-order valence-electron chi connectivity index (χ1n) is 4.75. The summed E-state index contributed by atoms with van der Waals surface area (Å²) in [4.78, 5) is 4.15. The van der Waals surface area contributed by atoms with Crippen LogP contribution in [-0.4, -0.2) is 26.2 Å². The average Bonchev–Trinajstić information content (AvgIpc) is 2.39. The zero-order valence-electron chi connectivity index (χ0n) is 9.06. The van der Waals surface area contributed by atoms with Crippen molar-refractivity contribution in [2.45, 2.75) is 19.3 Å². The van der Waals surface area contributed by atoms with E-state index >= 15 is 0 Å². The van der Waals surface area contributed by atoms with E-state index in [1.165, 1.54) is 10.6 Å². The molecule has 82 valence electrons. The van der Waals surface area contributed by atoms with Crippen LogP contribution >= 0.6 is 0 Å². The third-order valence-electron chi connectivity index (χ3n) is 2.69. The van der Waals surface area contributed by atoms with Gasteiger partial charge < -0.3 is 0 Å². The molecule has 1 aliphatic rings. The lowest BCUT2D eigenvalue weighted by Crippen LogP contribution is -2.33. The first-order valence-corrected chi connectivity index (χ1v) is 6.60. The normalized spacial score (nSPS) is 19.0. The van der Waals surface area contributed by atoms with Crippen LogP contribution in [0.2, 0.25) is 0 Å². The highest BCUT2D eigenvalue weighted by atomic mass is 32.2. The smallest absolute Gasteiger partial charge is 0.233 e. The molecule has 1 aliphatic heterocycles. The molecule has 5 heteroatoms. The van der Waals surface area contributed by atoms with E-state index in [2.05, 4.69) is 4.98 Å². The molecule has 4 nitrogen and oxygen atoms in total. The lowest BCUT2D eigenvalue weighted by Gasteiger charge is -2.19. The minimum Gasteiger partial charge on any atom is -0.253 e. The maximum Gasteiger partial charge on any atom is 0.233 e. The van der Waals surface area contributed by atoms with Crippen molar-refractivity contribution in [1.29, 1.82) is 0 Å². The standard InChI is InChI=1S/C10H14N2O2S/c1-10(2)7-12(15(3,13)14)9-8(10)5-4-6-11-9/h4-6H,7H2,1-3H3. The van der Waals surface area contributed by atoms with E-state index in [0.29, 0.717) is 12.4 Å². The molecule has 2 rings (SSSR count). The lowest BCUT2D eigenvalue weighted by atomic mass is 9.88. The Morgan fingerprint density at radius 2 is 2.13 bits per heavy atom. The summed E-state index contributed by atoms with van der Waals surface area (Å²) in [5.41, 5.74) is 0.836. The van der Waals surface area contributed by atoms with Crippen molar-refractivity contribution in [3.05, 3.63) is 23.9 Å². The molecular formula is C10H14N2O2S. The zero-order chi connectivity index (χ0) is 11.3. The summed E-state index contributed by atoms with van der Waals surface area (Å²) < 4.78 is 24.5. The molecule has 1 aromatic heterocycles. The molecule has 0 saturated carbocycles. The topological polar surface area (TPSA) is 50.3 Å². The Balaban J connectivity index is 2.62. The molecule has 0 saturated heterocycles. The summed E-state index contributed by atoms with van der Waals surface area (Å²) >= 11 is 0. The molecule has 0 amide bonds. The molecule has 0 radical (unpaired) electrons. The van der Waals surface area contributed by atoms with Gasteiger partial charge in [-0.05, 0) is 6.07 Å². The van der Waals surface area contributed by atoms with Crippen LogP contribution in [0, 0.1) is 0 Å². The van der Waals surface area contributed by atoms with E-state index in [4.69, 9.17) is 0 Å². The Hall–Kier alpha value is -1.10. The van der Waals surface area contributed by atoms with Gasteiger partial charge in [-0.3, -0.25) is 4.31 Å². The number of aromatic nitrogens is 1. The van der Waals surface area contributed by atoms with Crippen molar-refractivity contribution in [3.63, 3.8) is 0 Å². The van der Waals surface area contributed by atoms with Crippen LogP contribution in [0.5, 0.6) is 0 Å². The average molecular weight is 226 g/mol. The van der Waals surface area contributed by atoms with Gasteiger partial charge in [0.05, 0.1) is 6.26 Å².